The number of rotatable bonds is 1. The maximum atomic E-state index is 12.5. The van der Waals surface area contributed by atoms with Crippen molar-refractivity contribution in [1.29, 1.82) is 0 Å². The second-order valence-electron chi connectivity index (χ2n) is 3.60. The summed E-state index contributed by atoms with van der Waals surface area (Å²) in [6, 6.07) is 0. The second-order valence-corrected chi connectivity index (χ2v) is 5.16. The fourth-order valence-electron chi connectivity index (χ4n) is 2.20. The largest absolute Gasteiger partial charge is 0.305 e. The Bertz CT molecular complexity index is 260. The van der Waals surface area contributed by atoms with Crippen molar-refractivity contribution in [3.05, 3.63) is 0 Å². The molecule has 0 amide bonds. The highest BCUT2D eigenvalue weighted by Crippen LogP contribution is 2.52. The third-order valence-corrected chi connectivity index (χ3v) is 4.19. The van der Waals surface area contributed by atoms with Gasteiger partial charge in [-0.2, -0.15) is 8.42 Å². The van der Waals surface area contributed by atoms with Gasteiger partial charge in [0.15, 0.2) is 0 Å². The van der Waals surface area contributed by atoms with Crippen LogP contribution >= 0.6 is 0 Å². The molecule has 11 heavy (non-hydrogen) atoms. The molecule has 2 aliphatic carbocycles. The van der Waals surface area contributed by atoms with Crippen LogP contribution in [0.4, 0.5) is 3.89 Å². The first kappa shape index (κ1) is 7.53. The van der Waals surface area contributed by atoms with Gasteiger partial charge in [0.25, 0.3) is 0 Å². The van der Waals surface area contributed by atoms with Crippen LogP contribution in [-0.4, -0.2) is 13.7 Å². The summed E-state index contributed by atoms with van der Waals surface area (Å²) in [6.07, 6.45) is 3.47. The van der Waals surface area contributed by atoms with Crippen LogP contribution in [-0.2, 0) is 10.2 Å². The lowest BCUT2D eigenvalue weighted by Crippen LogP contribution is -2.23. The molecule has 0 heterocycles. The smallest absolute Gasteiger partial charge is 0.195 e. The van der Waals surface area contributed by atoms with E-state index < -0.39 is 15.5 Å². The molecule has 2 nitrogen and oxygen atoms in total. The van der Waals surface area contributed by atoms with Gasteiger partial charge >= 0.3 is 10.2 Å². The van der Waals surface area contributed by atoms with Gasteiger partial charge in [-0.15, -0.1) is 3.89 Å². The van der Waals surface area contributed by atoms with Crippen molar-refractivity contribution in [2.45, 2.75) is 30.9 Å². The Kier molecular flexibility index (Phi) is 1.50. The van der Waals surface area contributed by atoms with Crippen molar-refractivity contribution >= 4 is 10.2 Å². The summed E-state index contributed by atoms with van der Waals surface area (Å²) in [7, 11) is -4.23. The molecule has 0 spiro atoms. The Hall–Kier alpha value is -0.120. The fraction of sp³-hybridized carbons (Fsp3) is 1.00. The Labute approximate surface area is 66.0 Å². The molecule has 0 aromatic heterocycles. The van der Waals surface area contributed by atoms with Crippen molar-refractivity contribution in [2.24, 2.45) is 11.8 Å². The van der Waals surface area contributed by atoms with Gasteiger partial charge < -0.3 is 0 Å². The first-order valence-corrected chi connectivity index (χ1v) is 5.47. The molecule has 0 radical (unpaired) electrons. The van der Waals surface area contributed by atoms with Crippen LogP contribution in [0.25, 0.3) is 0 Å². The molecule has 64 valence electrons. The Morgan fingerprint density at radius 1 is 1.27 bits per heavy atom. The Balaban J connectivity index is 2.15. The number of halogens is 1. The zero-order valence-corrected chi connectivity index (χ0v) is 6.98. The van der Waals surface area contributed by atoms with Gasteiger partial charge in [-0.1, -0.05) is 12.8 Å². The molecule has 3 atom stereocenters. The third kappa shape index (κ3) is 1.28. The third-order valence-electron chi connectivity index (χ3n) is 2.88. The van der Waals surface area contributed by atoms with Crippen molar-refractivity contribution in [1.82, 2.24) is 0 Å². The van der Waals surface area contributed by atoms with E-state index in [1.807, 2.05) is 0 Å². The highest BCUT2D eigenvalue weighted by molar-refractivity contribution is 7.87. The molecule has 0 aliphatic heterocycles. The van der Waals surface area contributed by atoms with Crippen LogP contribution in [0.3, 0.4) is 0 Å². The number of hydrogen-bond acceptors (Lipinski definition) is 2. The van der Waals surface area contributed by atoms with E-state index in [4.69, 9.17) is 0 Å². The summed E-state index contributed by atoms with van der Waals surface area (Å²) in [5, 5.41) is -0.652. The molecule has 0 N–H and O–H groups in total. The molecule has 0 bridgehead atoms. The summed E-state index contributed by atoms with van der Waals surface area (Å²) < 4.78 is 33.6. The zero-order valence-electron chi connectivity index (χ0n) is 6.16. The molecule has 0 aromatic rings. The van der Waals surface area contributed by atoms with E-state index in [0.29, 0.717) is 12.3 Å². The van der Waals surface area contributed by atoms with Crippen LogP contribution in [0.15, 0.2) is 0 Å². The van der Waals surface area contributed by atoms with Gasteiger partial charge in [0.2, 0.25) is 0 Å². The van der Waals surface area contributed by atoms with E-state index >= 15 is 0 Å². The molecule has 2 rings (SSSR count). The molecule has 2 fully saturated rings. The van der Waals surface area contributed by atoms with Crippen molar-refractivity contribution in [3.63, 3.8) is 0 Å². The maximum absolute atomic E-state index is 12.5. The topological polar surface area (TPSA) is 34.1 Å². The average molecular weight is 178 g/mol. The summed E-state index contributed by atoms with van der Waals surface area (Å²) >= 11 is 0. The zero-order chi connectivity index (χ0) is 8.06. The van der Waals surface area contributed by atoms with Crippen LogP contribution in [0.2, 0.25) is 0 Å². The van der Waals surface area contributed by atoms with Gasteiger partial charge in [0.05, 0.1) is 5.25 Å². The van der Waals surface area contributed by atoms with Crippen LogP contribution < -0.4 is 0 Å². The standard InChI is InChI=1S/C7H11FO2S/c8-11(9,10)7-3-1-2-5-4-6(5)7/h5-7H,1-4H2. The minimum atomic E-state index is -4.23. The van der Waals surface area contributed by atoms with E-state index in [9.17, 15) is 12.3 Å². The van der Waals surface area contributed by atoms with E-state index in [1.165, 1.54) is 0 Å². The molecule has 2 aliphatic rings. The minimum Gasteiger partial charge on any atom is -0.195 e. The number of fused-ring (bicyclic) bond motifs is 1. The lowest BCUT2D eigenvalue weighted by atomic mass is 10.0. The van der Waals surface area contributed by atoms with E-state index in [-0.39, 0.29) is 5.92 Å². The highest BCUT2D eigenvalue weighted by Gasteiger charge is 2.50. The van der Waals surface area contributed by atoms with Gasteiger partial charge in [0.1, 0.15) is 0 Å². The molecule has 0 aromatic carbocycles. The first-order valence-electron chi connectivity index (χ1n) is 4.02. The van der Waals surface area contributed by atoms with E-state index in [1.54, 1.807) is 0 Å². The predicted molar refractivity (Wildman–Crippen MR) is 39.3 cm³/mol. The summed E-state index contributed by atoms with van der Waals surface area (Å²) in [6.45, 7) is 0. The van der Waals surface area contributed by atoms with Crippen molar-refractivity contribution in [3.8, 4) is 0 Å². The SMILES string of the molecule is O=S(=O)(F)C1CCCC2CC21. The molecule has 2 saturated carbocycles. The highest BCUT2D eigenvalue weighted by atomic mass is 32.3. The molecule has 3 unspecified atom stereocenters. The molecular weight excluding hydrogens is 167 g/mol. The van der Waals surface area contributed by atoms with Gasteiger partial charge in [-0.05, 0) is 24.7 Å². The summed E-state index contributed by atoms with van der Waals surface area (Å²) in [5.74, 6) is 0.693. The fourth-order valence-corrected chi connectivity index (χ4v) is 3.40. The predicted octanol–water partition coefficient (Wildman–Crippen LogP) is 1.47. The summed E-state index contributed by atoms with van der Waals surface area (Å²) in [4.78, 5) is 0. The van der Waals surface area contributed by atoms with E-state index in [0.717, 1.165) is 19.3 Å². The monoisotopic (exact) mass is 178 g/mol. The van der Waals surface area contributed by atoms with Crippen LogP contribution in [0.1, 0.15) is 25.7 Å². The average Bonchev–Trinajstić information content (AvgIpc) is 2.60. The van der Waals surface area contributed by atoms with E-state index in [2.05, 4.69) is 0 Å². The first-order chi connectivity index (χ1) is 5.09. The number of hydrogen-bond donors (Lipinski definition) is 0. The molecular formula is C7H11FO2S. The molecule has 0 saturated heterocycles. The minimum absolute atomic E-state index is 0.166. The lowest BCUT2D eigenvalue weighted by Gasteiger charge is -2.16. The lowest BCUT2D eigenvalue weighted by molar-refractivity contribution is 0.446. The molecule has 4 heteroatoms. The maximum Gasteiger partial charge on any atom is 0.305 e. The Morgan fingerprint density at radius 2 is 2.00 bits per heavy atom. The van der Waals surface area contributed by atoms with Crippen molar-refractivity contribution in [2.75, 3.05) is 0 Å². The van der Waals surface area contributed by atoms with Gasteiger partial charge in [0, 0.05) is 0 Å². The van der Waals surface area contributed by atoms with Gasteiger partial charge in [-0.25, -0.2) is 0 Å². The van der Waals surface area contributed by atoms with Gasteiger partial charge in [-0.3, -0.25) is 0 Å². The summed E-state index contributed by atoms with van der Waals surface area (Å²) in [5.41, 5.74) is 0. The second kappa shape index (κ2) is 2.19. The normalized spacial score (nSPS) is 43.2. The van der Waals surface area contributed by atoms with Crippen molar-refractivity contribution < 1.29 is 12.3 Å². The van der Waals surface area contributed by atoms with Crippen LogP contribution in [0, 0.1) is 11.8 Å². The van der Waals surface area contributed by atoms with Crippen LogP contribution in [0.5, 0.6) is 0 Å². The Morgan fingerprint density at radius 3 is 2.55 bits per heavy atom. The quantitative estimate of drug-likeness (QED) is 0.570.